The molecule has 1 amide bonds. The van der Waals surface area contributed by atoms with Crippen molar-refractivity contribution in [1.29, 1.82) is 10.5 Å². The van der Waals surface area contributed by atoms with Crippen molar-refractivity contribution < 1.29 is 4.79 Å². The van der Waals surface area contributed by atoms with Crippen LogP contribution < -0.4 is 5.32 Å². The van der Waals surface area contributed by atoms with E-state index in [1.807, 2.05) is 65.4 Å². The monoisotopic (exact) mass is 427 g/mol. The van der Waals surface area contributed by atoms with Gasteiger partial charge in [-0.05, 0) is 41.5 Å². The largest absolute Gasteiger partial charge is 0.324 e. The molecule has 1 aliphatic heterocycles. The van der Waals surface area contributed by atoms with Crippen LogP contribution in [0.4, 0.5) is 11.4 Å². The molecule has 0 saturated carbocycles. The number of nitrogens with one attached hydrogen (secondary N) is 1. The maximum absolute atomic E-state index is 12.6. The van der Waals surface area contributed by atoms with E-state index in [4.69, 9.17) is 4.99 Å². The molecule has 0 radical (unpaired) electrons. The standard InChI is InChI=1S/C27H17N5O/c28-14-18-5-4-8-20(11-18)25-13-27(33)31-26-12-22(9-10-24(26)30-25)32-16-21(15-29)23(17-32)19-6-2-1-3-7-19/h1-12,16-17H,13H2,(H,31,33). The highest BCUT2D eigenvalue weighted by molar-refractivity contribution is 6.17. The number of nitriles is 2. The molecule has 2 heterocycles. The summed E-state index contributed by atoms with van der Waals surface area (Å²) >= 11 is 0. The van der Waals surface area contributed by atoms with Crippen molar-refractivity contribution in [2.45, 2.75) is 6.42 Å². The van der Waals surface area contributed by atoms with Crippen LogP contribution in [0.1, 0.15) is 23.1 Å². The van der Waals surface area contributed by atoms with E-state index < -0.39 is 0 Å². The number of carbonyl (C=O) groups excluding carboxylic acids is 1. The third-order valence-corrected chi connectivity index (χ3v) is 5.49. The summed E-state index contributed by atoms with van der Waals surface area (Å²) in [5.74, 6) is -0.179. The van der Waals surface area contributed by atoms with Crippen molar-refractivity contribution in [3.05, 3.63) is 102 Å². The van der Waals surface area contributed by atoms with E-state index in [0.29, 0.717) is 28.2 Å². The lowest BCUT2D eigenvalue weighted by Gasteiger charge is -2.09. The summed E-state index contributed by atoms with van der Waals surface area (Å²) in [4.78, 5) is 17.3. The van der Waals surface area contributed by atoms with Crippen molar-refractivity contribution in [3.63, 3.8) is 0 Å². The summed E-state index contributed by atoms with van der Waals surface area (Å²) in [5.41, 5.74) is 6.28. The average molecular weight is 427 g/mol. The Morgan fingerprint density at radius 3 is 2.48 bits per heavy atom. The van der Waals surface area contributed by atoms with Crippen LogP contribution in [-0.4, -0.2) is 16.2 Å². The highest BCUT2D eigenvalue weighted by Crippen LogP contribution is 2.33. The molecule has 0 spiro atoms. The van der Waals surface area contributed by atoms with Crippen LogP contribution in [0.5, 0.6) is 0 Å². The molecular formula is C27H17N5O. The van der Waals surface area contributed by atoms with Crippen LogP contribution >= 0.6 is 0 Å². The molecule has 5 rings (SSSR count). The lowest BCUT2D eigenvalue weighted by atomic mass is 10.0. The molecule has 4 aromatic rings. The molecule has 0 unspecified atom stereocenters. The first-order valence-corrected chi connectivity index (χ1v) is 10.3. The smallest absolute Gasteiger partial charge is 0.230 e. The first-order chi connectivity index (χ1) is 16.1. The average Bonchev–Trinajstić information content (AvgIpc) is 3.22. The molecule has 0 fully saturated rings. The number of fused-ring (bicyclic) bond motifs is 1. The Kier molecular flexibility index (Phi) is 5.03. The lowest BCUT2D eigenvalue weighted by molar-refractivity contribution is -0.115. The van der Waals surface area contributed by atoms with Gasteiger partial charge in [0, 0.05) is 23.6 Å². The number of carbonyl (C=O) groups is 1. The van der Waals surface area contributed by atoms with E-state index in [1.165, 1.54) is 0 Å². The van der Waals surface area contributed by atoms with Crippen molar-refractivity contribution in [2.75, 3.05) is 5.32 Å². The Bertz CT molecular complexity index is 1500. The Balaban J connectivity index is 1.55. The highest BCUT2D eigenvalue weighted by atomic mass is 16.1. The highest BCUT2D eigenvalue weighted by Gasteiger charge is 2.19. The first kappa shape index (κ1) is 20.0. The maximum Gasteiger partial charge on any atom is 0.230 e. The minimum absolute atomic E-state index is 0.110. The Morgan fingerprint density at radius 2 is 1.70 bits per heavy atom. The van der Waals surface area contributed by atoms with Crippen LogP contribution in [-0.2, 0) is 4.79 Å². The molecule has 0 atom stereocenters. The Labute approximate surface area is 190 Å². The van der Waals surface area contributed by atoms with E-state index >= 15 is 0 Å². The second-order valence-electron chi connectivity index (χ2n) is 7.65. The number of aliphatic imine (C=N–C) groups is 1. The molecule has 1 aromatic heterocycles. The topological polar surface area (TPSA) is 94.0 Å². The number of hydrogen-bond donors (Lipinski definition) is 1. The van der Waals surface area contributed by atoms with E-state index in [-0.39, 0.29) is 12.3 Å². The van der Waals surface area contributed by atoms with Gasteiger partial charge in [-0.1, -0.05) is 42.5 Å². The van der Waals surface area contributed by atoms with Crippen LogP contribution in [0.25, 0.3) is 16.8 Å². The SMILES string of the molecule is N#Cc1cccc(C2=Nc3ccc(-n4cc(C#N)c(-c5ccccc5)c4)cc3NC(=O)C2)c1. The summed E-state index contributed by atoms with van der Waals surface area (Å²) < 4.78 is 1.87. The zero-order chi connectivity index (χ0) is 22.8. The maximum atomic E-state index is 12.6. The minimum Gasteiger partial charge on any atom is -0.324 e. The quantitative estimate of drug-likeness (QED) is 0.477. The summed E-state index contributed by atoms with van der Waals surface area (Å²) in [6, 6.07) is 26.8. The van der Waals surface area contributed by atoms with Gasteiger partial charge in [-0.3, -0.25) is 9.79 Å². The van der Waals surface area contributed by atoms with Gasteiger partial charge in [0.05, 0.1) is 40.7 Å². The van der Waals surface area contributed by atoms with Gasteiger partial charge < -0.3 is 9.88 Å². The van der Waals surface area contributed by atoms with E-state index in [9.17, 15) is 15.3 Å². The molecule has 0 saturated heterocycles. The van der Waals surface area contributed by atoms with Crippen LogP contribution in [0.15, 0.2) is 90.2 Å². The van der Waals surface area contributed by atoms with Gasteiger partial charge in [0.1, 0.15) is 6.07 Å². The fourth-order valence-corrected chi connectivity index (χ4v) is 3.89. The third-order valence-electron chi connectivity index (χ3n) is 5.49. The summed E-state index contributed by atoms with van der Waals surface area (Å²) in [7, 11) is 0. The molecule has 0 aliphatic carbocycles. The van der Waals surface area contributed by atoms with E-state index in [0.717, 1.165) is 22.4 Å². The number of rotatable bonds is 3. The normalized spacial score (nSPS) is 12.5. The Morgan fingerprint density at radius 1 is 0.879 bits per heavy atom. The van der Waals surface area contributed by atoms with Gasteiger partial charge in [0.2, 0.25) is 5.91 Å². The molecule has 1 aliphatic rings. The van der Waals surface area contributed by atoms with E-state index in [2.05, 4.69) is 17.5 Å². The predicted octanol–water partition coefficient (Wildman–Crippen LogP) is 5.35. The number of benzene rings is 3. The van der Waals surface area contributed by atoms with Crippen LogP contribution in [0.2, 0.25) is 0 Å². The van der Waals surface area contributed by atoms with Crippen molar-refractivity contribution in [3.8, 4) is 29.0 Å². The molecule has 6 heteroatoms. The number of amides is 1. The molecule has 6 nitrogen and oxygen atoms in total. The van der Waals surface area contributed by atoms with Gasteiger partial charge in [0.15, 0.2) is 0 Å². The zero-order valence-corrected chi connectivity index (χ0v) is 17.5. The van der Waals surface area contributed by atoms with Gasteiger partial charge >= 0.3 is 0 Å². The van der Waals surface area contributed by atoms with Gasteiger partial charge in [-0.15, -0.1) is 0 Å². The Hall–Kier alpha value is -4.94. The van der Waals surface area contributed by atoms with Gasteiger partial charge in [0.25, 0.3) is 0 Å². The van der Waals surface area contributed by atoms with Crippen LogP contribution in [0.3, 0.4) is 0 Å². The van der Waals surface area contributed by atoms with Gasteiger partial charge in [-0.2, -0.15) is 10.5 Å². The molecule has 3 aromatic carbocycles. The molecular weight excluding hydrogens is 410 g/mol. The molecule has 1 N–H and O–H groups in total. The molecule has 0 bridgehead atoms. The second kappa shape index (κ2) is 8.30. The number of nitrogens with zero attached hydrogens (tertiary/aromatic N) is 4. The molecule has 33 heavy (non-hydrogen) atoms. The van der Waals surface area contributed by atoms with Crippen molar-refractivity contribution in [2.24, 2.45) is 4.99 Å². The van der Waals surface area contributed by atoms with Crippen molar-refractivity contribution in [1.82, 2.24) is 4.57 Å². The zero-order valence-electron chi connectivity index (χ0n) is 17.5. The molecule has 156 valence electrons. The first-order valence-electron chi connectivity index (χ1n) is 10.3. The van der Waals surface area contributed by atoms with Crippen molar-refractivity contribution >= 4 is 23.0 Å². The van der Waals surface area contributed by atoms with Crippen LogP contribution in [0, 0.1) is 22.7 Å². The summed E-state index contributed by atoms with van der Waals surface area (Å²) in [6.07, 6.45) is 3.81. The summed E-state index contributed by atoms with van der Waals surface area (Å²) in [6.45, 7) is 0. The summed E-state index contributed by atoms with van der Waals surface area (Å²) in [5, 5.41) is 21.7. The number of anilines is 1. The fraction of sp³-hybridized carbons (Fsp3) is 0.0370. The number of aromatic nitrogens is 1. The van der Waals surface area contributed by atoms with Gasteiger partial charge in [-0.25, -0.2) is 0 Å². The lowest BCUT2D eigenvalue weighted by Crippen LogP contribution is -2.15. The second-order valence-corrected chi connectivity index (χ2v) is 7.65. The fourth-order valence-electron chi connectivity index (χ4n) is 3.89. The third kappa shape index (κ3) is 3.89. The van der Waals surface area contributed by atoms with E-state index in [1.54, 1.807) is 24.4 Å². The predicted molar refractivity (Wildman–Crippen MR) is 127 cm³/mol. The minimum atomic E-state index is -0.179. The number of hydrogen-bond acceptors (Lipinski definition) is 4.